The fraction of sp³-hybridized carbons (Fsp3) is 0.943. The van der Waals surface area contributed by atoms with Gasteiger partial charge in [-0.1, -0.05) is 120 Å². The van der Waals surface area contributed by atoms with Gasteiger partial charge in [0, 0.05) is 5.92 Å². The van der Waals surface area contributed by atoms with Gasteiger partial charge in [-0.25, -0.2) is 0 Å². The molecule has 0 aromatic heterocycles. The van der Waals surface area contributed by atoms with Gasteiger partial charge in [0.25, 0.3) is 0 Å². The van der Waals surface area contributed by atoms with Gasteiger partial charge in [-0.15, -0.1) is 0 Å². The van der Waals surface area contributed by atoms with Crippen molar-refractivity contribution in [3.05, 3.63) is 0 Å². The van der Waals surface area contributed by atoms with Crippen LogP contribution in [0.25, 0.3) is 0 Å². The Labute approximate surface area is 602 Å². The van der Waals surface area contributed by atoms with E-state index in [0.29, 0.717) is 29.1 Å². The van der Waals surface area contributed by atoms with Gasteiger partial charge in [-0.2, -0.15) is 0 Å². The van der Waals surface area contributed by atoms with Crippen molar-refractivity contribution >= 4 is 29.8 Å². The van der Waals surface area contributed by atoms with Crippen molar-refractivity contribution in [2.45, 2.75) is 432 Å². The summed E-state index contributed by atoms with van der Waals surface area (Å²) in [5.41, 5.74) is -2.02. The first-order chi connectivity index (χ1) is 45.4. The molecule has 568 valence electrons. The van der Waals surface area contributed by atoms with Crippen molar-refractivity contribution in [2.24, 2.45) is 91.2 Å². The Balaban J connectivity index is 0.000000195. The van der Waals surface area contributed by atoms with Crippen LogP contribution in [0.4, 0.5) is 0 Å². The van der Waals surface area contributed by atoms with Crippen LogP contribution in [0.5, 0.6) is 0 Å². The molecular formula is C87H154O11. The van der Waals surface area contributed by atoms with Crippen LogP contribution < -0.4 is 0 Å². The molecule has 6 unspecified atom stereocenters. The molecule has 11 rings (SSSR count). The maximum atomic E-state index is 12.8. The first-order valence-corrected chi connectivity index (χ1v) is 41.2. The predicted octanol–water partition coefficient (Wildman–Crippen LogP) is 23.8. The first kappa shape index (κ1) is 84.2. The number of esters is 5. The van der Waals surface area contributed by atoms with Crippen LogP contribution in [-0.4, -0.2) is 64.1 Å². The summed E-state index contributed by atoms with van der Waals surface area (Å²) < 4.78 is 36.0. The summed E-state index contributed by atoms with van der Waals surface area (Å²) in [6.07, 6.45) is 42.7. The molecule has 11 fully saturated rings. The van der Waals surface area contributed by atoms with Crippen LogP contribution in [0.15, 0.2) is 0 Å². The SMILES string of the molecule is CCC(C)(C)C(=O)OC(C)(C)C1CCCCC1.CCC(C)(C)C(=O)OC(C)(C1CCCCC1)C1CCCCC1.CCC(C)(C)C(=O)OC(C)OC12CC3CC(CC(C3)C1)C2.CCC(C)(C)C(=O)OC1(C)CCC23CC1C(C)(C)C2CCC3C.CCC(C)(C)C(=O)OC1(C)CCCCC1. The smallest absolute Gasteiger partial charge is 0.313 e. The number of hydrogen-bond donors (Lipinski definition) is 0. The zero-order valence-corrected chi connectivity index (χ0v) is 68.2. The molecule has 0 heterocycles. The van der Waals surface area contributed by atoms with Crippen LogP contribution in [-0.2, 0) is 52.4 Å². The maximum Gasteiger partial charge on any atom is 0.313 e. The van der Waals surface area contributed by atoms with E-state index in [1.54, 1.807) is 0 Å². The summed E-state index contributed by atoms with van der Waals surface area (Å²) >= 11 is 0. The Morgan fingerprint density at radius 3 is 1.21 bits per heavy atom. The zero-order valence-electron chi connectivity index (χ0n) is 68.2. The van der Waals surface area contributed by atoms with Gasteiger partial charge in [-0.05, 0) is 336 Å². The fourth-order valence-electron chi connectivity index (χ4n) is 20.1. The van der Waals surface area contributed by atoms with Gasteiger partial charge in [0.1, 0.15) is 22.4 Å². The van der Waals surface area contributed by atoms with E-state index in [4.69, 9.17) is 28.4 Å². The van der Waals surface area contributed by atoms with E-state index in [2.05, 4.69) is 69.2 Å². The average Bonchev–Trinajstić information content (AvgIpc) is 1.52. The number of hydrogen-bond acceptors (Lipinski definition) is 11. The van der Waals surface area contributed by atoms with Crippen LogP contribution in [0.1, 0.15) is 397 Å². The van der Waals surface area contributed by atoms with E-state index in [1.165, 1.54) is 180 Å². The summed E-state index contributed by atoms with van der Waals surface area (Å²) in [6, 6.07) is 0. The van der Waals surface area contributed by atoms with E-state index >= 15 is 0 Å². The van der Waals surface area contributed by atoms with E-state index in [-0.39, 0.29) is 84.9 Å². The molecule has 6 atom stereocenters. The molecule has 11 aliphatic carbocycles. The monoisotopic (exact) mass is 1380 g/mol. The Hall–Kier alpha value is -2.69. The number of carbonyl (C=O) groups is 5. The normalized spacial score (nSPS) is 30.6. The molecule has 0 amide bonds. The topological polar surface area (TPSA) is 141 Å². The van der Waals surface area contributed by atoms with Crippen LogP contribution in [0, 0.1) is 91.2 Å². The lowest BCUT2D eigenvalue weighted by atomic mass is 9.54. The quantitative estimate of drug-likeness (QED) is 0.0653. The highest BCUT2D eigenvalue weighted by Crippen LogP contribution is 2.74. The van der Waals surface area contributed by atoms with E-state index < -0.39 is 11.7 Å². The Kier molecular flexibility index (Phi) is 28.9. The Morgan fingerprint density at radius 1 is 0.408 bits per heavy atom. The van der Waals surface area contributed by atoms with Crippen molar-refractivity contribution in [3.8, 4) is 0 Å². The molecule has 0 N–H and O–H groups in total. The highest BCUT2D eigenvalue weighted by molar-refractivity contribution is 5.78. The largest absolute Gasteiger partial charge is 0.459 e. The molecule has 0 aromatic carbocycles. The summed E-state index contributed by atoms with van der Waals surface area (Å²) in [4.78, 5) is 61.8. The molecule has 0 radical (unpaired) electrons. The molecule has 98 heavy (non-hydrogen) atoms. The highest BCUT2D eigenvalue weighted by Gasteiger charge is 2.69. The molecule has 1 spiro atoms. The third-order valence-corrected chi connectivity index (χ3v) is 29.3. The number of fused-ring (bicyclic) bond motifs is 1. The van der Waals surface area contributed by atoms with Crippen molar-refractivity contribution in [2.75, 3.05) is 0 Å². The number of carbonyl (C=O) groups excluding carboxylic acids is 5. The van der Waals surface area contributed by atoms with Gasteiger partial charge < -0.3 is 28.4 Å². The van der Waals surface area contributed by atoms with Crippen LogP contribution in [0.2, 0.25) is 0 Å². The van der Waals surface area contributed by atoms with Gasteiger partial charge in [0.2, 0.25) is 6.29 Å². The van der Waals surface area contributed by atoms with Crippen LogP contribution >= 0.6 is 0 Å². The maximum absolute atomic E-state index is 12.8. The van der Waals surface area contributed by atoms with Crippen molar-refractivity contribution in [3.63, 3.8) is 0 Å². The lowest BCUT2D eigenvalue weighted by molar-refractivity contribution is -0.248. The second-order valence-electron chi connectivity index (χ2n) is 39.4. The van der Waals surface area contributed by atoms with Gasteiger partial charge >= 0.3 is 29.8 Å². The van der Waals surface area contributed by atoms with Crippen LogP contribution in [0.3, 0.4) is 0 Å². The lowest BCUT2D eigenvalue weighted by Crippen LogP contribution is -2.53. The van der Waals surface area contributed by atoms with E-state index in [9.17, 15) is 24.0 Å². The van der Waals surface area contributed by atoms with E-state index in [1.807, 2.05) is 96.9 Å². The minimum atomic E-state index is -0.418. The third kappa shape index (κ3) is 20.4. The van der Waals surface area contributed by atoms with Gasteiger partial charge in [-0.3, -0.25) is 24.0 Å². The highest BCUT2D eigenvalue weighted by atomic mass is 16.7. The minimum absolute atomic E-state index is 0.000595. The van der Waals surface area contributed by atoms with E-state index in [0.717, 1.165) is 81.0 Å². The zero-order chi connectivity index (χ0) is 73.4. The van der Waals surface area contributed by atoms with Crippen molar-refractivity contribution < 1.29 is 52.4 Å². The molecule has 6 bridgehead atoms. The minimum Gasteiger partial charge on any atom is -0.459 e. The summed E-state index contributed by atoms with van der Waals surface area (Å²) in [5, 5.41) is 0. The Bertz CT molecular complexity index is 2510. The number of ether oxygens (including phenoxy) is 6. The van der Waals surface area contributed by atoms with Gasteiger partial charge in [0.05, 0.1) is 32.7 Å². The fourth-order valence-corrected chi connectivity index (χ4v) is 20.1. The second kappa shape index (κ2) is 33.6. The Morgan fingerprint density at radius 2 is 0.786 bits per heavy atom. The molecule has 0 aliphatic heterocycles. The van der Waals surface area contributed by atoms with Gasteiger partial charge in [0.15, 0.2) is 0 Å². The second-order valence-corrected chi connectivity index (χ2v) is 39.4. The molecule has 11 aliphatic rings. The predicted molar refractivity (Wildman–Crippen MR) is 400 cm³/mol. The molecular weight excluding hydrogens is 1220 g/mol. The molecule has 11 nitrogen and oxygen atoms in total. The molecule has 0 saturated heterocycles. The van der Waals surface area contributed by atoms with Crippen molar-refractivity contribution in [1.29, 1.82) is 0 Å². The number of rotatable bonds is 20. The molecule has 11 saturated carbocycles. The average molecular weight is 1380 g/mol. The third-order valence-electron chi connectivity index (χ3n) is 29.3. The first-order valence-electron chi connectivity index (χ1n) is 41.2. The standard InChI is InChI=1S/C21H36O2.C20H36O2.C18H30O3.C15H28O2.C13H24O2/c1-8-18(3,4)17(22)23-20(7)11-12-21-13-16(20)19(5,6)15(21)10-9-14(21)2;1-5-19(2,3)18(21)22-20(4,16-12-8-6-9-13-16)17-14-10-7-11-15-17;1-5-17(3,4)16(19)20-12(2)21-18-9-13-6-14(10-18)8-15(7-13)11-18;1-6-14(2,3)13(16)17-15(4,5)12-10-8-7-9-11-12;1-5-12(2,3)11(14)15-13(4)9-7-6-8-10-13/h14-16H,8-13H2,1-7H3;16-17H,5-15H2,1-4H3;12-15H,5-11H2,1-4H3;12H,6-11H2,1-5H3;5-10H2,1-4H3. The lowest BCUT2D eigenvalue weighted by Gasteiger charge is -2.56. The van der Waals surface area contributed by atoms with Crippen molar-refractivity contribution in [1.82, 2.24) is 0 Å². The molecule has 11 heteroatoms. The summed E-state index contributed by atoms with van der Waals surface area (Å²) in [5.74, 6) is 6.20. The molecule has 0 aromatic rings. The summed E-state index contributed by atoms with van der Waals surface area (Å²) in [6.45, 7) is 50.0. The summed E-state index contributed by atoms with van der Waals surface area (Å²) in [7, 11) is 0.